The number of nitriles is 1. The van der Waals surface area contributed by atoms with Gasteiger partial charge in [-0.05, 0) is 32.6 Å². The number of rotatable bonds is 2. The highest BCUT2D eigenvalue weighted by atomic mass is 16.5. The maximum atomic E-state index is 11.8. The summed E-state index contributed by atoms with van der Waals surface area (Å²) in [7, 11) is 0. The average Bonchev–Trinajstić information content (AvgIpc) is 2.32. The monoisotopic (exact) mass is 209 g/mol. The van der Waals surface area contributed by atoms with E-state index >= 15 is 0 Å². The molecule has 2 saturated heterocycles. The van der Waals surface area contributed by atoms with E-state index in [1.807, 2.05) is 0 Å². The zero-order valence-electron chi connectivity index (χ0n) is 8.91. The highest BCUT2D eigenvalue weighted by molar-refractivity contribution is 5.77. The third-order valence-electron chi connectivity index (χ3n) is 3.55. The van der Waals surface area contributed by atoms with E-state index in [-0.39, 0.29) is 5.97 Å². The van der Waals surface area contributed by atoms with Crippen molar-refractivity contribution in [3.63, 3.8) is 0 Å². The Morgan fingerprint density at radius 3 is 2.53 bits per heavy atom. The molecule has 0 aromatic carbocycles. The summed E-state index contributed by atoms with van der Waals surface area (Å²) in [5.74, 6) is -0.156. The molecule has 2 aliphatic heterocycles. The fourth-order valence-corrected chi connectivity index (χ4v) is 2.39. The zero-order chi connectivity index (χ0) is 10.9. The van der Waals surface area contributed by atoms with Crippen molar-refractivity contribution in [1.29, 1.82) is 5.26 Å². The first kappa shape index (κ1) is 10.4. The predicted octanol–water partition coefficient (Wildman–Crippen LogP) is 1.40. The molecular weight excluding hydrogens is 194 g/mol. The smallest absolute Gasteiger partial charge is 0.314 e. The Balaban J connectivity index is 2.10. The van der Waals surface area contributed by atoms with Gasteiger partial charge < -0.3 is 9.47 Å². The van der Waals surface area contributed by atoms with Crippen LogP contribution in [0.4, 0.5) is 0 Å². The highest BCUT2D eigenvalue weighted by Crippen LogP contribution is 2.49. The van der Waals surface area contributed by atoms with E-state index in [0.717, 1.165) is 12.8 Å². The van der Waals surface area contributed by atoms with Gasteiger partial charge >= 0.3 is 5.97 Å². The van der Waals surface area contributed by atoms with E-state index in [4.69, 9.17) is 14.7 Å². The fourth-order valence-electron chi connectivity index (χ4n) is 2.39. The third-order valence-corrected chi connectivity index (χ3v) is 3.55. The molecule has 4 heteroatoms. The normalized spacial score (nSPS) is 38.4. The van der Waals surface area contributed by atoms with Crippen molar-refractivity contribution in [3.05, 3.63) is 0 Å². The van der Waals surface area contributed by atoms with Crippen LogP contribution in [0.2, 0.25) is 0 Å². The van der Waals surface area contributed by atoms with Gasteiger partial charge in [-0.1, -0.05) is 0 Å². The minimum absolute atomic E-state index is 0.156. The number of ether oxygens (including phenoxy) is 2. The Bertz CT molecular complexity index is 294. The molecule has 0 spiro atoms. The van der Waals surface area contributed by atoms with E-state index in [1.54, 1.807) is 6.92 Å². The molecule has 3 aliphatic rings. The number of carbonyl (C=O) groups is 1. The van der Waals surface area contributed by atoms with Crippen LogP contribution in [0, 0.1) is 16.7 Å². The first-order chi connectivity index (χ1) is 7.16. The van der Waals surface area contributed by atoms with Gasteiger partial charge in [0.25, 0.3) is 0 Å². The van der Waals surface area contributed by atoms with Gasteiger partial charge in [-0.2, -0.15) is 5.26 Å². The van der Waals surface area contributed by atoms with Crippen molar-refractivity contribution >= 4 is 5.97 Å². The molecule has 2 heterocycles. The molecule has 0 radical (unpaired) electrons. The Kier molecular flexibility index (Phi) is 2.43. The largest absolute Gasteiger partial charge is 0.465 e. The molecule has 3 rings (SSSR count). The van der Waals surface area contributed by atoms with E-state index in [2.05, 4.69) is 6.07 Å². The lowest BCUT2D eigenvalue weighted by Gasteiger charge is -2.48. The van der Waals surface area contributed by atoms with Crippen molar-refractivity contribution in [2.75, 3.05) is 13.2 Å². The standard InChI is InChI=1S/C11H15NO3/c1-2-14-9(13)10-3-5-11(7-12,6-4-10)15-8-10/h2-6,8H2,1H3. The molecule has 1 aliphatic carbocycles. The van der Waals surface area contributed by atoms with Gasteiger partial charge in [0.2, 0.25) is 0 Å². The summed E-state index contributed by atoms with van der Waals surface area (Å²) in [6, 6.07) is 2.22. The summed E-state index contributed by atoms with van der Waals surface area (Å²) in [6.45, 7) is 2.56. The summed E-state index contributed by atoms with van der Waals surface area (Å²) in [5.41, 5.74) is -1.08. The number of hydrogen-bond donors (Lipinski definition) is 0. The van der Waals surface area contributed by atoms with Crippen molar-refractivity contribution in [1.82, 2.24) is 0 Å². The topological polar surface area (TPSA) is 59.3 Å². The second kappa shape index (κ2) is 3.49. The van der Waals surface area contributed by atoms with Crippen LogP contribution in [0.3, 0.4) is 0 Å². The molecule has 0 amide bonds. The van der Waals surface area contributed by atoms with Crippen molar-refractivity contribution in [2.45, 2.75) is 38.2 Å². The van der Waals surface area contributed by atoms with Crippen molar-refractivity contribution < 1.29 is 14.3 Å². The number of nitrogens with zero attached hydrogens (tertiary/aromatic N) is 1. The fraction of sp³-hybridized carbons (Fsp3) is 0.818. The second-order valence-corrected chi connectivity index (χ2v) is 4.40. The minimum Gasteiger partial charge on any atom is -0.465 e. The van der Waals surface area contributed by atoms with Crippen LogP contribution < -0.4 is 0 Å². The van der Waals surface area contributed by atoms with E-state index in [1.165, 1.54) is 0 Å². The van der Waals surface area contributed by atoms with Gasteiger partial charge in [-0.15, -0.1) is 0 Å². The van der Waals surface area contributed by atoms with Gasteiger partial charge in [0.15, 0.2) is 5.60 Å². The molecular formula is C11H15NO3. The Labute approximate surface area is 89.2 Å². The maximum Gasteiger partial charge on any atom is 0.314 e. The molecule has 0 atom stereocenters. The van der Waals surface area contributed by atoms with Gasteiger partial charge in [0.1, 0.15) is 0 Å². The average molecular weight is 209 g/mol. The van der Waals surface area contributed by atoms with Crippen molar-refractivity contribution in [3.8, 4) is 6.07 Å². The minimum atomic E-state index is -0.617. The molecule has 0 aromatic rings. The van der Waals surface area contributed by atoms with Gasteiger partial charge in [-0.3, -0.25) is 4.79 Å². The van der Waals surface area contributed by atoms with Crippen LogP contribution in [0.15, 0.2) is 0 Å². The summed E-state index contributed by atoms with van der Waals surface area (Å²) < 4.78 is 10.6. The van der Waals surface area contributed by atoms with Crippen LogP contribution >= 0.6 is 0 Å². The van der Waals surface area contributed by atoms with Crippen LogP contribution in [-0.2, 0) is 14.3 Å². The summed E-state index contributed by atoms with van der Waals surface area (Å²) in [5, 5.41) is 9.00. The molecule has 82 valence electrons. The molecule has 3 fully saturated rings. The number of hydrogen-bond acceptors (Lipinski definition) is 4. The Morgan fingerprint density at radius 1 is 1.47 bits per heavy atom. The van der Waals surface area contributed by atoms with Crippen LogP contribution in [0.25, 0.3) is 0 Å². The molecule has 0 aromatic heterocycles. The molecule has 4 nitrogen and oxygen atoms in total. The lowest BCUT2D eigenvalue weighted by molar-refractivity contribution is -0.191. The number of fused-ring (bicyclic) bond motifs is 3. The zero-order valence-corrected chi connectivity index (χ0v) is 8.91. The molecule has 15 heavy (non-hydrogen) atoms. The molecule has 1 saturated carbocycles. The Hall–Kier alpha value is -1.08. The quantitative estimate of drug-likeness (QED) is 0.645. The molecule has 0 unspecified atom stereocenters. The summed E-state index contributed by atoms with van der Waals surface area (Å²) >= 11 is 0. The number of carbonyl (C=O) groups excluding carboxylic acids is 1. The van der Waals surface area contributed by atoms with E-state index in [9.17, 15) is 4.79 Å². The van der Waals surface area contributed by atoms with Crippen LogP contribution in [0.5, 0.6) is 0 Å². The summed E-state index contributed by atoms with van der Waals surface area (Å²) in [6.07, 6.45) is 2.75. The third kappa shape index (κ3) is 1.51. The van der Waals surface area contributed by atoms with Crippen LogP contribution in [0.1, 0.15) is 32.6 Å². The van der Waals surface area contributed by atoms with Gasteiger partial charge in [0, 0.05) is 0 Å². The molecule has 0 N–H and O–H groups in total. The first-order valence-electron chi connectivity index (χ1n) is 5.39. The first-order valence-corrected chi connectivity index (χ1v) is 5.39. The van der Waals surface area contributed by atoms with Crippen LogP contribution in [-0.4, -0.2) is 24.8 Å². The maximum absolute atomic E-state index is 11.8. The second-order valence-electron chi connectivity index (χ2n) is 4.40. The van der Waals surface area contributed by atoms with Crippen molar-refractivity contribution in [2.24, 2.45) is 5.41 Å². The predicted molar refractivity (Wildman–Crippen MR) is 51.8 cm³/mol. The summed E-state index contributed by atoms with van der Waals surface area (Å²) in [4.78, 5) is 11.8. The molecule has 2 bridgehead atoms. The van der Waals surface area contributed by atoms with Gasteiger partial charge in [-0.25, -0.2) is 0 Å². The lowest BCUT2D eigenvalue weighted by atomic mass is 9.66. The van der Waals surface area contributed by atoms with Gasteiger partial charge in [0.05, 0.1) is 24.7 Å². The SMILES string of the molecule is CCOC(=O)C12CCC(C#N)(CC1)OC2. The highest BCUT2D eigenvalue weighted by Gasteiger charge is 2.54. The lowest BCUT2D eigenvalue weighted by Crippen LogP contribution is -2.54. The van der Waals surface area contributed by atoms with E-state index < -0.39 is 11.0 Å². The Morgan fingerprint density at radius 2 is 2.13 bits per heavy atom. The number of esters is 1. The van der Waals surface area contributed by atoms with E-state index in [0.29, 0.717) is 26.1 Å².